The molecule has 18 heavy (non-hydrogen) atoms. The SMILES string of the molecule is CCNC1CC(CC2CC2)CN(C2CCC2C)C1. The van der Waals surface area contributed by atoms with Gasteiger partial charge in [-0.05, 0) is 50.0 Å². The van der Waals surface area contributed by atoms with Gasteiger partial charge in [0.15, 0.2) is 0 Å². The standard InChI is InChI=1S/C16H30N2/c1-3-17-15-9-14(8-13-5-6-13)10-18(11-15)16-7-4-12(16)2/h12-17H,3-11H2,1-2H3. The molecule has 3 fully saturated rings. The van der Waals surface area contributed by atoms with Gasteiger partial charge >= 0.3 is 0 Å². The lowest BCUT2D eigenvalue weighted by atomic mass is 9.77. The summed E-state index contributed by atoms with van der Waals surface area (Å²) in [7, 11) is 0. The molecule has 3 rings (SSSR count). The zero-order valence-corrected chi connectivity index (χ0v) is 12.2. The molecule has 0 aromatic heterocycles. The maximum atomic E-state index is 3.71. The molecule has 0 aromatic rings. The van der Waals surface area contributed by atoms with Crippen LogP contribution in [0.2, 0.25) is 0 Å². The first-order valence-corrected chi connectivity index (χ1v) is 8.23. The first-order chi connectivity index (χ1) is 8.76. The number of nitrogens with zero attached hydrogens (tertiary/aromatic N) is 1. The zero-order chi connectivity index (χ0) is 12.5. The quantitative estimate of drug-likeness (QED) is 0.807. The number of hydrogen-bond acceptors (Lipinski definition) is 2. The smallest absolute Gasteiger partial charge is 0.0198 e. The van der Waals surface area contributed by atoms with E-state index in [0.29, 0.717) is 0 Å². The summed E-state index contributed by atoms with van der Waals surface area (Å²) in [5.41, 5.74) is 0. The summed E-state index contributed by atoms with van der Waals surface area (Å²) in [4.78, 5) is 2.83. The Kier molecular flexibility index (Phi) is 3.95. The number of nitrogens with one attached hydrogen (secondary N) is 1. The van der Waals surface area contributed by atoms with Crippen LogP contribution in [-0.4, -0.2) is 36.6 Å². The highest BCUT2D eigenvalue weighted by Gasteiger charge is 2.38. The Labute approximate surface area is 113 Å². The second-order valence-corrected chi connectivity index (χ2v) is 7.11. The summed E-state index contributed by atoms with van der Waals surface area (Å²) >= 11 is 0. The first-order valence-electron chi connectivity index (χ1n) is 8.23. The van der Waals surface area contributed by atoms with E-state index in [1.165, 1.54) is 51.6 Å². The van der Waals surface area contributed by atoms with Crippen LogP contribution in [0.3, 0.4) is 0 Å². The summed E-state index contributed by atoms with van der Waals surface area (Å²) in [6, 6.07) is 1.67. The van der Waals surface area contributed by atoms with E-state index in [0.717, 1.165) is 36.4 Å². The minimum absolute atomic E-state index is 0.764. The van der Waals surface area contributed by atoms with Gasteiger partial charge in [-0.1, -0.05) is 26.7 Å². The van der Waals surface area contributed by atoms with Crippen molar-refractivity contribution < 1.29 is 0 Å². The Morgan fingerprint density at radius 3 is 2.44 bits per heavy atom. The molecule has 1 heterocycles. The molecule has 3 aliphatic rings. The fourth-order valence-corrected chi connectivity index (χ4v) is 4.14. The van der Waals surface area contributed by atoms with Gasteiger partial charge in [-0.3, -0.25) is 4.90 Å². The van der Waals surface area contributed by atoms with Crippen LogP contribution in [0.5, 0.6) is 0 Å². The van der Waals surface area contributed by atoms with Crippen molar-refractivity contribution in [2.24, 2.45) is 17.8 Å². The number of hydrogen-bond donors (Lipinski definition) is 1. The molecule has 4 atom stereocenters. The van der Waals surface area contributed by atoms with E-state index in [-0.39, 0.29) is 0 Å². The third-order valence-electron chi connectivity index (χ3n) is 5.47. The summed E-state index contributed by atoms with van der Waals surface area (Å²) in [5, 5.41) is 3.71. The fourth-order valence-electron chi connectivity index (χ4n) is 4.14. The molecule has 2 heteroatoms. The van der Waals surface area contributed by atoms with Gasteiger partial charge in [0.25, 0.3) is 0 Å². The van der Waals surface area contributed by atoms with E-state index in [1.807, 2.05) is 0 Å². The molecule has 0 bridgehead atoms. The molecule has 0 amide bonds. The van der Waals surface area contributed by atoms with Crippen molar-refractivity contribution in [2.45, 2.75) is 64.5 Å². The maximum Gasteiger partial charge on any atom is 0.0198 e. The van der Waals surface area contributed by atoms with E-state index >= 15 is 0 Å². The van der Waals surface area contributed by atoms with Gasteiger partial charge in [0.05, 0.1) is 0 Å². The third-order valence-corrected chi connectivity index (χ3v) is 5.47. The topological polar surface area (TPSA) is 15.3 Å². The molecular weight excluding hydrogens is 220 g/mol. The predicted octanol–water partition coefficient (Wildman–Crippen LogP) is 2.89. The van der Waals surface area contributed by atoms with Gasteiger partial charge in [-0.15, -0.1) is 0 Å². The second kappa shape index (κ2) is 5.50. The minimum Gasteiger partial charge on any atom is -0.313 e. The third kappa shape index (κ3) is 2.91. The first kappa shape index (κ1) is 12.9. The molecule has 0 radical (unpaired) electrons. The molecule has 1 saturated heterocycles. The Bertz CT molecular complexity index is 274. The van der Waals surface area contributed by atoms with Gasteiger partial charge < -0.3 is 5.32 Å². The average Bonchev–Trinajstić information content (AvgIpc) is 3.11. The molecule has 4 unspecified atom stereocenters. The van der Waals surface area contributed by atoms with Gasteiger partial charge in [-0.25, -0.2) is 0 Å². The van der Waals surface area contributed by atoms with E-state index in [1.54, 1.807) is 0 Å². The number of likely N-dealkylation sites (tertiary alicyclic amines) is 1. The van der Waals surface area contributed by atoms with Crippen LogP contribution in [0.15, 0.2) is 0 Å². The van der Waals surface area contributed by atoms with Gasteiger partial charge in [0.2, 0.25) is 0 Å². The molecule has 104 valence electrons. The molecule has 2 saturated carbocycles. The molecule has 2 aliphatic carbocycles. The Balaban J connectivity index is 1.58. The second-order valence-electron chi connectivity index (χ2n) is 7.11. The van der Waals surface area contributed by atoms with E-state index < -0.39 is 0 Å². The highest BCUT2D eigenvalue weighted by atomic mass is 15.2. The van der Waals surface area contributed by atoms with E-state index in [2.05, 4.69) is 24.1 Å². The van der Waals surface area contributed by atoms with Crippen molar-refractivity contribution in [3.8, 4) is 0 Å². The summed E-state index contributed by atoms with van der Waals surface area (Å²) in [6.45, 7) is 8.54. The molecule has 0 aromatic carbocycles. The van der Waals surface area contributed by atoms with Crippen molar-refractivity contribution in [1.82, 2.24) is 10.2 Å². The molecule has 1 N–H and O–H groups in total. The largest absolute Gasteiger partial charge is 0.313 e. The van der Waals surface area contributed by atoms with Crippen LogP contribution in [0, 0.1) is 17.8 Å². The van der Waals surface area contributed by atoms with Crippen LogP contribution < -0.4 is 5.32 Å². The van der Waals surface area contributed by atoms with Crippen LogP contribution >= 0.6 is 0 Å². The van der Waals surface area contributed by atoms with Crippen LogP contribution in [0.25, 0.3) is 0 Å². The molecule has 0 spiro atoms. The number of rotatable bonds is 5. The Morgan fingerprint density at radius 2 is 1.89 bits per heavy atom. The molecular formula is C16H30N2. The van der Waals surface area contributed by atoms with Crippen molar-refractivity contribution in [3.63, 3.8) is 0 Å². The minimum atomic E-state index is 0.764. The average molecular weight is 250 g/mol. The number of likely N-dealkylation sites (N-methyl/N-ethyl adjacent to an activating group) is 1. The van der Waals surface area contributed by atoms with Crippen molar-refractivity contribution in [3.05, 3.63) is 0 Å². The summed E-state index contributed by atoms with van der Waals surface area (Å²) in [5.74, 6) is 3.02. The molecule has 2 nitrogen and oxygen atoms in total. The normalized spacial score (nSPS) is 41.7. The summed E-state index contributed by atoms with van der Waals surface area (Å²) < 4.78 is 0. The van der Waals surface area contributed by atoms with E-state index in [4.69, 9.17) is 0 Å². The summed E-state index contributed by atoms with van der Waals surface area (Å²) in [6.07, 6.45) is 8.89. The van der Waals surface area contributed by atoms with Crippen LogP contribution in [-0.2, 0) is 0 Å². The van der Waals surface area contributed by atoms with Crippen molar-refractivity contribution in [1.29, 1.82) is 0 Å². The van der Waals surface area contributed by atoms with Crippen molar-refractivity contribution in [2.75, 3.05) is 19.6 Å². The van der Waals surface area contributed by atoms with E-state index in [9.17, 15) is 0 Å². The predicted molar refractivity (Wildman–Crippen MR) is 76.7 cm³/mol. The van der Waals surface area contributed by atoms with Gasteiger partial charge in [0.1, 0.15) is 0 Å². The zero-order valence-electron chi connectivity index (χ0n) is 12.2. The maximum absolute atomic E-state index is 3.71. The highest BCUT2D eigenvalue weighted by molar-refractivity contribution is 4.93. The molecule has 1 aliphatic heterocycles. The highest BCUT2D eigenvalue weighted by Crippen LogP contribution is 2.40. The number of piperidine rings is 1. The van der Waals surface area contributed by atoms with Crippen LogP contribution in [0.4, 0.5) is 0 Å². The Hall–Kier alpha value is -0.0800. The van der Waals surface area contributed by atoms with Crippen LogP contribution in [0.1, 0.15) is 52.4 Å². The lowest BCUT2D eigenvalue weighted by molar-refractivity contribution is 0.0204. The Morgan fingerprint density at radius 1 is 1.06 bits per heavy atom. The monoisotopic (exact) mass is 250 g/mol. The van der Waals surface area contributed by atoms with Gasteiger partial charge in [0, 0.05) is 25.2 Å². The van der Waals surface area contributed by atoms with Gasteiger partial charge in [-0.2, -0.15) is 0 Å². The lowest BCUT2D eigenvalue weighted by Crippen LogP contribution is -2.56. The fraction of sp³-hybridized carbons (Fsp3) is 1.00. The van der Waals surface area contributed by atoms with Crippen molar-refractivity contribution >= 4 is 0 Å². The lowest BCUT2D eigenvalue weighted by Gasteiger charge is -2.48.